The fourth-order valence-electron chi connectivity index (χ4n) is 3.34. The van der Waals surface area contributed by atoms with Crippen LogP contribution in [0, 0.1) is 11.7 Å². The number of amides is 4. The number of halogens is 1. The van der Waals surface area contributed by atoms with E-state index in [1.165, 1.54) is 24.3 Å². The molecule has 1 aliphatic heterocycles. The Morgan fingerprint density at radius 1 is 1.11 bits per heavy atom. The molecule has 3 rings (SSSR count). The van der Waals surface area contributed by atoms with Gasteiger partial charge in [-0.3, -0.25) is 24.1 Å². The Bertz CT molecular complexity index is 1150. The Morgan fingerprint density at radius 3 is 2.43 bits per heavy atom. The van der Waals surface area contributed by atoms with E-state index in [1.54, 1.807) is 51.3 Å². The summed E-state index contributed by atoms with van der Waals surface area (Å²) in [5.74, 6) is -1.93. The van der Waals surface area contributed by atoms with Crippen molar-refractivity contribution in [1.82, 2.24) is 15.5 Å². The van der Waals surface area contributed by atoms with Crippen LogP contribution in [0.3, 0.4) is 0 Å². The number of carbonyl (C=O) groups excluding carboxylic acids is 4. The summed E-state index contributed by atoms with van der Waals surface area (Å²) >= 11 is 0.826. The molecule has 35 heavy (non-hydrogen) atoms. The lowest BCUT2D eigenvalue weighted by Crippen LogP contribution is -2.51. The lowest BCUT2D eigenvalue weighted by molar-refractivity contribution is -0.125. The highest BCUT2D eigenvalue weighted by atomic mass is 32.2. The Hall–Kier alpha value is -3.66. The number of nitrogens with one attached hydrogen (secondary N) is 2. The van der Waals surface area contributed by atoms with E-state index in [2.05, 4.69) is 10.6 Å². The zero-order valence-electron chi connectivity index (χ0n) is 19.5. The Kier molecular flexibility index (Phi) is 8.64. The minimum atomic E-state index is -0.924. The molecule has 184 valence electrons. The Labute approximate surface area is 206 Å². The van der Waals surface area contributed by atoms with E-state index >= 15 is 0 Å². The molecule has 1 heterocycles. The van der Waals surface area contributed by atoms with Gasteiger partial charge >= 0.3 is 0 Å². The van der Waals surface area contributed by atoms with E-state index in [4.69, 9.17) is 4.74 Å². The highest BCUT2D eigenvalue weighted by Crippen LogP contribution is 2.32. The van der Waals surface area contributed by atoms with E-state index in [0.717, 1.165) is 22.2 Å². The van der Waals surface area contributed by atoms with Crippen LogP contribution in [-0.2, 0) is 9.59 Å². The maximum atomic E-state index is 13.9. The quantitative estimate of drug-likeness (QED) is 0.512. The van der Waals surface area contributed by atoms with Crippen molar-refractivity contribution in [2.75, 3.05) is 20.2 Å². The van der Waals surface area contributed by atoms with Gasteiger partial charge in [-0.15, -0.1) is 0 Å². The summed E-state index contributed by atoms with van der Waals surface area (Å²) in [6.45, 7) is 3.46. The SMILES string of the molecule is COc1ccc(/C=C2/SC(=O)N(CCNC(=O)[C@@H](NC(=O)c3ccccc3F)C(C)C)C2=O)cc1. The molecule has 0 radical (unpaired) electrons. The first-order chi connectivity index (χ1) is 16.7. The molecule has 0 spiro atoms. The van der Waals surface area contributed by atoms with Crippen LogP contribution in [0.15, 0.2) is 53.4 Å². The molecule has 2 aromatic rings. The Balaban J connectivity index is 1.57. The number of hydrogen-bond donors (Lipinski definition) is 2. The third-order valence-electron chi connectivity index (χ3n) is 5.28. The van der Waals surface area contributed by atoms with E-state index in [9.17, 15) is 23.6 Å². The molecule has 0 aromatic heterocycles. The second-order valence-corrected chi connectivity index (χ2v) is 9.07. The summed E-state index contributed by atoms with van der Waals surface area (Å²) < 4.78 is 19.0. The maximum Gasteiger partial charge on any atom is 0.293 e. The second-order valence-electron chi connectivity index (χ2n) is 8.07. The summed E-state index contributed by atoms with van der Waals surface area (Å²) in [7, 11) is 1.56. The number of thioether (sulfide) groups is 1. The second kappa shape index (κ2) is 11.7. The summed E-state index contributed by atoms with van der Waals surface area (Å²) in [6.07, 6.45) is 1.62. The fourth-order valence-corrected chi connectivity index (χ4v) is 4.21. The van der Waals surface area contributed by atoms with E-state index < -0.39 is 34.8 Å². The number of imide groups is 1. The van der Waals surface area contributed by atoms with Gasteiger partial charge in [-0.2, -0.15) is 0 Å². The van der Waals surface area contributed by atoms with Gasteiger partial charge in [0.15, 0.2) is 0 Å². The number of nitrogens with zero attached hydrogens (tertiary/aromatic N) is 1. The molecule has 1 saturated heterocycles. The van der Waals surface area contributed by atoms with Gasteiger partial charge in [-0.25, -0.2) is 4.39 Å². The third-order valence-corrected chi connectivity index (χ3v) is 6.18. The summed E-state index contributed by atoms with van der Waals surface area (Å²) in [4.78, 5) is 51.5. The van der Waals surface area contributed by atoms with E-state index in [-0.39, 0.29) is 29.5 Å². The molecular formula is C25H26FN3O5S. The molecule has 0 aliphatic carbocycles. The summed E-state index contributed by atoms with van der Waals surface area (Å²) in [6, 6.07) is 11.6. The first-order valence-corrected chi connectivity index (χ1v) is 11.8. The topological polar surface area (TPSA) is 105 Å². The monoisotopic (exact) mass is 499 g/mol. The molecule has 1 atom stereocenters. The van der Waals surface area contributed by atoms with Gasteiger partial charge in [-0.1, -0.05) is 38.1 Å². The van der Waals surface area contributed by atoms with Crippen LogP contribution in [0.2, 0.25) is 0 Å². The number of benzene rings is 2. The van der Waals surface area contributed by atoms with E-state index in [1.807, 2.05) is 0 Å². The van der Waals surface area contributed by atoms with Crippen molar-refractivity contribution in [3.63, 3.8) is 0 Å². The minimum absolute atomic E-state index is 0.00543. The molecule has 0 bridgehead atoms. The molecule has 0 saturated carbocycles. The van der Waals surface area contributed by atoms with Crippen molar-refractivity contribution in [1.29, 1.82) is 0 Å². The molecule has 8 nitrogen and oxygen atoms in total. The van der Waals surface area contributed by atoms with Crippen LogP contribution in [0.1, 0.15) is 29.8 Å². The largest absolute Gasteiger partial charge is 0.497 e. The minimum Gasteiger partial charge on any atom is -0.497 e. The number of carbonyl (C=O) groups is 4. The average Bonchev–Trinajstić information content (AvgIpc) is 3.10. The van der Waals surface area contributed by atoms with Crippen molar-refractivity contribution >= 4 is 40.8 Å². The van der Waals surface area contributed by atoms with Gasteiger partial charge in [0.1, 0.15) is 17.6 Å². The smallest absolute Gasteiger partial charge is 0.293 e. The van der Waals surface area contributed by atoms with Crippen LogP contribution < -0.4 is 15.4 Å². The predicted molar refractivity (Wildman–Crippen MR) is 131 cm³/mol. The number of ether oxygens (including phenoxy) is 1. The van der Waals surface area contributed by atoms with Crippen LogP contribution in [0.5, 0.6) is 5.75 Å². The standard InChI is InChI=1S/C25H26FN3O5S/c1-15(2)21(28-22(30)18-6-4-5-7-19(18)26)23(31)27-12-13-29-24(32)20(35-25(29)33)14-16-8-10-17(34-3)11-9-16/h4-11,14-15,21H,12-13H2,1-3H3,(H,27,31)(H,28,30)/b20-14+/t21-/m0/s1. The lowest BCUT2D eigenvalue weighted by atomic mass is 10.0. The number of methoxy groups -OCH3 is 1. The van der Waals surface area contributed by atoms with Crippen LogP contribution in [0.25, 0.3) is 6.08 Å². The van der Waals surface area contributed by atoms with Gasteiger partial charge in [0, 0.05) is 13.1 Å². The summed E-state index contributed by atoms with van der Waals surface area (Å²) in [5.41, 5.74) is 0.586. The van der Waals surface area contributed by atoms with Crippen molar-refractivity contribution in [2.45, 2.75) is 19.9 Å². The molecule has 4 amide bonds. The highest BCUT2D eigenvalue weighted by molar-refractivity contribution is 8.18. The zero-order valence-corrected chi connectivity index (χ0v) is 20.4. The van der Waals surface area contributed by atoms with Crippen LogP contribution >= 0.6 is 11.8 Å². The van der Waals surface area contributed by atoms with Crippen molar-refractivity contribution < 1.29 is 28.3 Å². The predicted octanol–water partition coefficient (Wildman–Crippen LogP) is 3.44. The van der Waals surface area contributed by atoms with Gasteiger partial charge in [0.2, 0.25) is 5.91 Å². The van der Waals surface area contributed by atoms with Crippen LogP contribution in [0.4, 0.5) is 9.18 Å². The normalized spacial score (nSPS) is 15.5. The van der Waals surface area contributed by atoms with E-state index in [0.29, 0.717) is 5.75 Å². The maximum absolute atomic E-state index is 13.9. The molecular weight excluding hydrogens is 473 g/mol. The zero-order chi connectivity index (χ0) is 25.5. The third kappa shape index (κ3) is 6.48. The molecule has 2 N–H and O–H groups in total. The molecule has 1 aliphatic rings. The van der Waals surface area contributed by atoms with Crippen LogP contribution in [-0.4, -0.2) is 54.1 Å². The highest BCUT2D eigenvalue weighted by Gasteiger charge is 2.35. The molecule has 1 fully saturated rings. The molecule has 10 heteroatoms. The average molecular weight is 500 g/mol. The molecule has 0 unspecified atom stereocenters. The Morgan fingerprint density at radius 2 is 1.80 bits per heavy atom. The number of rotatable bonds is 9. The van der Waals surface area contributed by atoms with Crippen molar-refractivity contribution in [2.24, 2.45) is 5.92 Å². The van der Waals surface area contributed by atoms with Crippen molar-refractivity contribution in [3.05, 3.63) is 70.4 Å². The summed E-state index contributed by atoms with van der Waals surface area (Å²) in [5, 5.41) is 4.76. The van der Waals surface area contributed by atoms with Crippen molar-refractivity contribution in [3.8, 4) is 5.75 Å². The first-order valence-electron chi connectivity index (χ1n) is 10.9. The number of hydrogen-bond acceptors (Lipinski definition) is 6. The first kappa shape index (κ1) is 26.0. The van der Waals surface area contributed by atoms with Gasteiger partial charge < -0.3 is 15.4 Å². The van der Waals surface area contributed by atoms with Gasteiger partial charge in [0.25, 0.3) is 17.1 Å². The van der Waals surface area contributed by atoms with Gasteiger partial charge in [-0.05, 0) is 53.6 Å². The molecule has 2 aromatic carbocycles. The van der Waals surface area contributed by atoms with Gasteiger partial charge in [0.05, 0.1) is 17.6 Å². The fraction of sp³-hybridized carbons (Fsp3) is 0.280. The lowest BCUT2D eigenvalue weighted by Gasteiger charge is -2.22.